The maximum atomic E-state index is 14.2. The predicted octanol–water partition coefficient (Wildman–Crippen LogP) is 6.25. The number of aliphatic hydroxyl groups is 1. The van der Waals surface area contributed by atoms with Gasteiger partial charge in [-0.1, -0.05) is 57.9 Å². The highest BCUT2D eigenvalue weighted by atomic mass is 32.1. The first-order valence-corrected chi connectivity index (χ1v) is 26.5. The summed E-state index contributed by atoms with van der Waals surface area (Å²) in [4.78, 5) is 106. The summed E-state index contributed by atoms with van der Waals surface area (Å²) in [7, 11) is 0. The number of Topliss-reactive ketones (excluding diaryl/α,β-unsaturated/α-hetero) is 1. The summed E-state index contributed by atoms with van der Waals surface area (Å²) in [5.74, 6) is -0.0316. The minimum atomic E-state index is -0.909. The Hall–Kier alpha value is -6.60. The first-order chi connectivity index (χ1) is 34.9. The first-order valence-electron chi connectivity index (χ1n) is 25.7. The number of rotatable bonds is 15. The van der Waals surface area contributed by atoms with Crippen LogP contribution in [-0.4, -0.2) is 120 Å². The molecule has 18 nitrogen and oxygen atoms in total. The molecule has 1 unspecified atom stereocenters. The fourth-order valence-electron chi connectivity index (χ4n) is 11.1. The Balaban J connectivity index is 0.718. The quantitative estimate of drug-likeness (QED) is 0.0852. The van der Waals surface area contributed by atoms with E-state index in [1.54, 1.807) is 35.2 Å². The summed E-state index contributed by atoms with van der Waals surface area (Å²) >= 11 is 1.57. The molecule has 4 N–H and O–H groups in total. The fraction of sp³-hybridized carbons (Fsp3) is 0.519. The Morgan fingerprint density at radius 1 is 0.877 bits per heavy atom. The lowest BCUT2D eigenvalue weighted by molar-refractivity contribution is -0.144. The highest BCUT2D eigenvalue weighted by Gasteiger charge is 2.45. The average molecular weight is 1010 g/mol. The standard InChI is InChI=1S/C54H67N11O7S/c1-31-41-28-57-53(61-49(41)65(38-9-7-8-10-38)51(71)46(31)33(3)66)59-43-16-15-39(27-55-43)62-17-19-63(20-18-62)45(69)24-36-21-35(22-36)23-44(68)60-48(54(4,5)6)52(72)64-29-40(67)25-42(64)50(70)56-26-34-11-13-37(14-12-34)47-32(2)58-30-73-47/h11-16,27-28,30,35-36,38,40,42,48,67H,7-10,17-26,29H2,1-6H3,(H,56,70)(H,60,68)(H,55,57,59,61)/t35?,36?,40-,42+,48?/m1/s1. The van der Waals surface area contributed by atoms with Crippen molar-refractivity contribution < 1.29 is 29.1 Å². The number of ketones is 1. The second-order valence-corrected chi connectivity index (χ2v) is 22.4. The van der Waals surface area contributed by atoms with Gasteiger partial charge >= 0.3 is 0 Å². The lowest BCUT2D eigenvalue weighted by atomic mass is 9.71. The number of benzene rings is 1. The number of fused-ring (bicyclic) bond motifs is 1. The molecule has 5 aromatic rings. The number of aryl methyl sites for hydroxylation is 2. The number of pyridine rings is 2. The largest absolute Gasteiger partial charge is 0.391 e. The number of aromatic nitrogens is 5. The molecule has 19 heteroatoms. The number of aliphatic hydroxyl groups excluding tert-OH is 1. The number of hydrogen-bond acceptors (Lipinski definition) is 14. The first kappa shape index (κ1) is 51.3. The summed E-state index contributed by atoms with van der Waals surface area (Å²) in [5, 5.41) is 20.5. The van der Waals surface area contributed by atoms with E-state index in [0.717, 1.165) is 65.9 Å². The van der Waals surface area contributed by atoms with Crippen LogP contribution in [0.25, 0.3) is 21.5 Å². The predicted molar refractivity (Wildman–Crippen MR) is 279 cm³/mol. The van der Waals surface area contributed by atoms with E-state index >= 15 is 0 Å². The van der Waals surface area contributed by atoms with Crippen molar-refractivity contribution in [1.29, 1.82) is 0 Å². The molecule has 2 saturated carbocycles. The molecule has 2 aliphatic heterocycles. The third-order valence-electron chi connectivity index (χ3n) is 15.2. The average Bonchev–Trinajstić information content (AvgIpc) is 4.14. The molecule has 9 rings (SSSR count). The molecule has 0 radical (unpaired) electrons. The number of carbonyl (C=O) groups excluding carboxylic acids is 5. The van der Waals surface area contributed by atoms with Gasteiger partial charge in [0, 0.05) is 76.2 Å². The molecule has 2 aliphatic carbocycles. The van der Waals surface area contributed by atoms with Crippen LogP contribution in [0.5, 0.6) is 0 Å². The molecule has 4 fully saturated rings. The van der Waals surface area contributed by atoms with Gasteiger partial charge in [0.05, 0.1) is 39.6 Å². The zero-order valence-electron chi connectivity index (χ0n) is 42.6. The van der Waals surface area contributed by atoms with E-state index in [1.807, 2.05) is 74.5 Å². The maximum Gasteiger partial charge on any atom is 0.263 e. The van der Waals surface area contributed by atoms with Crippen LogP contribution in [0.4, 0.5) is 17.5 Å². The SMILES string of the molecule is CC(=O)c1c(C)c2cnc(Nc3ccc(N4CCN(C(=O)CC5CC(CC(=O)NC(C(=O)N6C[C@H](O)C[C@H]6C(=O)NCc6ccc(-c7scnc7C)cc6)C(C)(C)C)C5)CC4)cn3)nc2n(C2CCCC2)c1=O. The van der Waals surface area contributed by atoms with Crippen LogP contribution in [0.2, 0.25) is 0 Å². The minimum absolute atomic E-state index is 0.00117. The number of likely N-dealkylation sites (tertiary alicyclic amines) is 1. The van der Waals surface area contributed by atoms with Gasteiger partial charge in [-0.2, -0.15) is 4.98 Å². The minimum Gasteiger partial charge on any atom is -0.391 e. The summed E-state index contributed by atoms with van der Waals surface area (Å²) in [6.45, 7) is 13.5. The Morgan fingerprint density at radius 3 is 2.23 bits per heavy atom. The smallest absolute Gasteiger partial charge is 0.263 e. The van der Waals surface area contributed by atoms with Crippen molar-refractivity contribution in [2.45, 2.75) is 130 Å². The van der Waals surface area contributed by atoms with Gasteiger partial charge in [-0.3, -0.25) is 33.3 Å². The summed E-state index contributed by atoms with van der Waals surface area (Å²) in [5.41, 5.74) is 5.98. The Kier molecular flexibility index (Phi) is 15.1. The highest BCUT2D eigenvalue weighted by molar-refractivity contribution is 7.13. The lowest BCUT2D eigenvalue weighted by Crippen LogP contribution is -2.58. The van der Waals surface area contributed by atoms with Crippen LogP contribution < -0.4 is 26.4 Å². The van der Waals surface area contributed by atoms with E-state index in [1.165, 1.54) is 11.8 Å². The second-order valence-electron chi connectivity index (χ2n) is 21.6. The molecule has 386 valence electrons. The second kappa shape index (κ2) is 21.5. The van der Waals surface area contributed by atoms with E-state index in [4.69, 9.17) is 4.98 Å². The summed E-state index contributed by atoms with van der Waals surface area (Å²) in [6, 6.07) is 9.92. The van der Waals surface area contributed by atoms with E-state index in [9.17, 15) is 33.9 Å². The Bertz CT molecular complexity index is 2930. The van der Waals surface area contributed by atoms with Crippen molar-refractivity contribution in [1.82, 2.24) is 44.9 Å². The van der Waals surface area contributed by atoms with E-state index in [0.29, 0.717) is 61.0 Å². The number of nitrogens with zero attached hydrogens (tertiary/aromatic N) is 8. The number of nitrogens with one attached hydrogen (secondary N) is 3. The van der Waals surface area contributed by atoms with Crippen LogP contribution >= 0.6 is 11.3 Å². The van der Waals surface area contributed by atoms with Crippen LogP contribution in [-0.2, 0) is 25.7 Å². The summed E-state index contributed by atoms with van der Waals surface area (Å²) < 4.78 is 1.69. The molecule has 4 aliphatic rings. The number of β-amino-alcohol motifs (C(OH)–C–C–N with tert-alkyl or cyclic N) is 1. The van der Waals surface area contributed by atoms with E-state index < -0.39 is 29.5 Å². The Morgan fingerprint density at radius 2 is 1.59 bits per heavy atom. The molecule has 1 aromatic carbocycles. The zero-order valence-corrected chi connectivity index (χ0v) is 43.5. The van der Waals surface area contributed by atoms with Crippen LogP contribution in [0, 0.1) is 31.1 Å². The molecule has 4 aromatic heterocycles. The molecule has 0 spiro atoms. The van der Waals surface area contributed by atoms with Crippen molar-refractivity contribution in [2.75, 3.05) is 42.9 Å². The normalized spacial score (nSPS) is 20.7. The van der Waals surface area contributed by atoms with Gasteiger partial charge in [0.1, 0.15) is 23.5 Å². The molecule has 2 saturated heterocycles. The third-order valence-corrected chi connectivity index (χ3v) is 16.2. The van der Waals surface area contributed by atoms with Crippen molar-refractivity contribution in [3.05, 3.63) is 87.0 Å². The van der Waals surface area contributed by atoms with Gasteiger partial charge in [0.2, 0.25) is 29.6 Å². The molecule has 3 atom stereocenters. The monoisotopic (exact) mass is 1010 g/mol. The molecule has 4 amide bonds. The van der Waals surface area contributed by atoms with E-state index in [2.05, 4.69) is 35.8 Å². The number of hydrogen-bond donors (Lipinski definition) is 4. The molecule has 0 bridgehead atoms. The highest BCUT2D eigenvalue weighted by Crippen LogP contribution is 2.39. The molecule has 73 heavy (non-hydrogen) atoms. The van der Waals surface area contributed by atoms with Crippen molar-refractivity contribution >= 4 is 69.2 Å². The van der Waals surface area contributed by atoms with Gasteiger partial charge in [-0.15, -0.1) is 11.3 Å². The number of anilines is 3. The van der Waals surface area contributed by atoms with Crippen LogP contribution in [0.1, 0.15) is 119 Å². The van der Waals surface area contributed by atoms with Gasteiger partial charge in [0.15, 0.2) is 5.78 Å². The van der Waals surface area contributed by atoms with Gasteiger partial charge in [0.25, 0.3) is 5.56 Å². The molecular formula is C54H67N11O7S. The van der Waals surface area contributed by atoms with Crippen LogP contribution in [0.15, 0.2) is 59.1 Å². The Labute approximate surface area is 429 Å². The third kappa shape index (κ3) is 11.3. The van der Waals surface area contributed by atoms with Gasteiger partial charge in [-0.05, 0) is 92.5 Å². The maximum absolute atomic E-state index is 14.2. The number of piperazine rings is 1. The molecular weight excluding hydrogens is 947 g/mol. The van der Waals surface area contributed by atoms with Crippen LogP contribution in [0.3, 0.4) is 0 Å². The fourth-order valence-corrected chi connectivity index (χ4v) is 11.9. The van der Waals surface area contributed by atoms with Crippen molar-refractivity contribution in [2.24, 2.45) is 17.3 Å². The van der Waals surface area contributed by atoms with Crippen molar-refractivity contribution in [3.8, 4) is 10.4 Å². The molecule has 6 heterocycles. The van der Waals surface area contributed by atoms with Gasteiger partial charge in [-0.25, -0.2) is 15.0 Å². The number of amides is 4. The van der Waals surface area contributed by atoms with Gasteiger partial charge < -0.3 is 35.8 Å². The zero-order chi connectivity index (χ0) is 51.7. The van der Waals surface area contributed by atoms with E-state index in [-0.39, 0.29) is 78.4 Å². The number of thiazole rings is 1. The number of carbonyl (C=O) groups is 5. The topological polar surface area (TPSA) is 225 Å². The summed E-state index contributed by atoms with van der Waals surface area (Å²) in [6.07, 6.45) is 8.60. The lowest BCUT2D eigenvalue weighted by Gasteiger charge is -2.39. The van der Waals surface area contributed by atoms with Crippen molar-refractivity contribution in [3.63, 3.8) is 0 Å².